The third-order valence-electron chi connectivity index (χ3n) is 5.18. The molecule has 1 aliphatic heterocycles. The number of amides is 4. The van der Waals surface area contributed by atoms with Crippen molar-refractivity contribution in [1.29, 1.82) is 0 Å². The molecule has 1 fully saturated rings. The summed E-state index contributed by atoms with van der Waals surface area (Å²) in [5.74, 6) is -1.49. The van der Waals surface area contributed by atoms with Gasteiger partial charge in [0.2, 0.25) is 5.91 Å². The summed E-state index contributed by atoms with van der Waals surface area (Å²) in [6.07, 6.45) is 0.249. The molecule has 2 N–H and O–H groups in total. The van der Waals surface area contributed by atoms with Gasteiger partial charge in [0.05, 0.1) is 0 Å². The second-order valence-corrected chi connectivity index (χ2v) is 7.31. The van der Waals surface area contributed by atoms with Gasteiger partial charge in [-0.25, -0.2) is 9.18 Å². The lowest BCUT2D eigenvalue weighted by atomic mass is 9.83. The molecule has 6 nitrogen and oxygen atoms in total. The summed E-state index contributed by atoms with van der Waals surface area (Å²) >= 11 is 0. The lowest BCUT2D eigenvalue weighted by Crippen LogP contribution is -2.46. The van der Waals surface area contributed by atoms with Crippen LogP contribution < -0.4 is 10.6 Å². The molecule has 4 rings (SSSR count). The molecule has 1 saturated heterocycles. The predicted molar refractivity (Wildman–Crippen MR) is 114 cm³/mol. The molecule has 1 aliphatic rings. The molecular formula is C24H20FN3O3. The molecule has 0 aromatic heterocycles. The van der Waals surface area contributed by atoms with Crippen molar-refractivity contribution in [1.82, 2.24) is 10.2 Å². The number of rotatable bonds is 6. The van der Waals surface area contributed by atoms with Crippen LogP contribution in [0.2, 0.25) is 0 Å². The number of carbonyl (C=O) groups excluding carboxylic acids is 3. The first-order valence-corrected chi connectivity index (χ1v) is 9.77. The first-order chi connectivity index (χ1) is 15.0. The van der Waals surface area contributed by atoms with Crippen LogP contribution in [-0.2, 0) is 21.5 Å². The Bertz CT molecular complexity index is 1100. The van der Waals surface area contributed by atoms with E-state index in [0.29, 0.717) is 11.3 Å². The first-order valence-electron chi connectivity index (χ1n) is 9.77. The normalized spacial score (nSPS) is 18.0. The van der Waals surface area contributed by atoms with E-state index < -0.39 is 35.7 Å². The lowest BCUT2D eigenvalue weighted by molar-refractivity contribution is -0.134. The van der Waals surface area contributed by atoms with Crippen LogP contribution in [0.5, 0.6) is 0 Å². The van der Waals surface area contributed by atoms with E-state index in [-0.39, 0.29) is 6.42 Å². The van der Waals surface area contributed by atoms with Crippen molar-refractivity contribution in [3.8, 4) is 0 Å². The highest BCUT2D eigenvalue weighted by Crippen LogP contribution is 2.33. The van der Waals surface area contributed by atoms with E-state index in [1.807, 2.05) is 36.4 Å². The van der Waals surface area contributed by atoms with Gasteiger partial charge in [-0.3, -0.25) is 14.5 Å². The fourth-order valence-corrected chi connectivity index (χ4v) is 3.69. The zero-order valence-electron chi connectivity index (χ0n) is 16.5. The van der Waals surface area contributed by atoms with E-state index >= 15 is 0 Å². The number of urea groups is 1. The molecule has 7 heteroatoms. The Balaban J connectivity index is 1.59. The zero-order chi connectivity index (χ0) is 21.8. The van der Waals surface area contributed by atoms with Gasteiger partial charge in [-0.05, 0) is 35.4 Å². The molecule has 156 valence electrons. The van der Waals surface area contributed by atoms with Gasteiger partial charge in [0.1, 0.15) is 12.4 Å². The number of halogens is 1. The second-order valence-electron chi connectivity index (χ2n) is 7.31. The lowest BCUT2D eigenvalue weighted by Gasteiger charge is -2.27. The summed E-state index contributed by atoms with van der Waals surface area (Å²) in [6.45, 7) is -0.453. The quantitative estimate of drug-likeness (QED) is 0.603. The van der Waals surface area contributed by atoms with Crippen LogP contribution in [0.1, 0.15) is 11.1 Å². The predicted octanol–water partition coefficient (Wildman–Crippen LogP) is 3.45. The van der Waals surface area contributed by atoms with E-state index in [1.54, 1.807) is 24.3 Å². The minimum atomic E-state index is -1.31. The standard InChI is InChI=1S/C24H20FN3O3/c25-19-11-13-20(14-12-19)26-21(29)16-28-22(30)24(27-23(28)31,18-9-5-2-6-10-18)15-17-7-3-1-4-8-17/h1-14H,15-16H2,(H,26,29)(H,27,31)/t24-/m0/s1. The monoisotopic (exact) mass is 417 g/mol. The van der Waals surface area contributed by atoms with Crippen molar-refractivity contribution in [3.63, 3.8) is 0 Å². The maximum absolute atomic E-state index is 13.5. The average molecular weight is 417 g/mol. The van der Waals surface area contributed by atoms with Gasteiger partial charge in [-0.2, -0.15) is 0 Å². The molecule has 0 bridgehead atoms. The van der Waals surface area contributed by atoms with Crippen molar-refractivity contribution in [2.45, 2.75) is 12.0 Å². The van der Waals surface area contributed by atoms with E-state index in [4.69, 9.17) is 0 Å². The highest BCUT2D eigenvalue weighted by Gasteiger charge is 2.52. The number of carbonyl (C=O) groups is 3. The van der Waals surface area contributed by atoms with E-state index in [0.717, 1.165) is 10.5 Å². The number of nitrogens with zero attached hydrogens (tertiary/aromatic N) is 1. The maximum atomic E-state index is 13.5. The Morgan fingerprint density at radius 1 is 0.903 bits per heavy atom. The van der Waals surface area contributed by atoms with Gasteiger partial charge in [-0.15, -0.1) is 0 Å². The Labute approximate surface area is 178 Å². The Kier molecular flexibility index (Phi) is 5.49. The van der Waals surface area contributed by atoms with Crippen LogP contribution in [0.3, 0.4) is 0 Å². The summed E-state index contributed by atoms with van der Waals surface area (Å²) in [4.78, 5) is 39.6. The van der Waals surface area contributed by atoms with Gasteiger partial charge < -0.3 is 10.6 Å². The van der Waals surface area contributed by atoms with Gasteiger partial charge in [0.25, 0.3) is 5.91 Å². The summed E-state index contributed by atoms with van der Waals surface area (Å²) in [6, 6.07) is 22.9. The van der Waals surface area contributed by atoms with Crippen LogP contribution in [0.25, 0.3) is 0 Å². The Morgan fingerprint density at radius 3 is 2.16 bits per heavy atom. The summed E-state index contributed by atoms with van der Waals surface area (Å²) in [5, 5.41) is 5.39. The van der Waals surface area contributed by atoms with Crippen LogP contribution in [0.15, 0.2) is 84.9 Å². The highest BCUT2D eigenvalue weighted by atomic mass is 19.1. The number of nitrogens with one attached hydrogen (secondary N) is 2. The molecule has 31 heavy (non-hydrogen) atoms. The largest absolute Gasteiger partial charge is 0.325 e. The van der Waals surface area contributed by atoms with E-state index in [1.165, 1.54) is 24.3 Å². The van der Waals surface area contributed by atoms with Crippen LogP contribution in [0.4, 0.5) is 14.9 Å². The molecule has 0 spiro atoms. The Hall–Kier alpha value is -4.00. The summed E-state index contributed by atoms with van der Waals surface area (Å²) < 4.78 is 13.1. The minimum Gasteiger partial charge on any atom is -0.325 e. The molecule has 3 aromatic carbocycles. The molecule has 0 aliphatic carbocycles. The molecule has 3 aromatic rings. The van der Waals surface area contributed by atoms with E-state index in [2.05, 4.69) is 10.6 Å². The molecule has 4 amide bonds. The fraction of sp³-hybridized carbons (Fsp3) is 0.125. The molecule has 0 saturated carbocycles. The highest BCUT2D eigenvalue weighted by molar-refractivity contribution is 6.10. The van der Waals surface area contributed by atoms with Crippen LogP contribution in [0, 0.1) is 5.82 Å². The molecule has 1 heterocycles. The molecular weight excluding hydrogens is 397 g/mol. The molecule has 0 unspecified atom stereocenters. The van der Waals surface area contributed by atoms with Crippen molar-refractivity contribution in [3.05, 3.63) is 102 Å². The third-order valence-corrected chi connectivity index (χ3v) is 5.18. The van der Waals surface area contributed by atoms with Gasteiger partial charge in [0.15, 0.2) is 5.54 Å². The van der Waals surface area contributed by atoms with Crippen molar-refractivity contribution >= 4 is 23.5 Å². The zero-order valence-corrected chi connectivity index (χ0v) is 16.5. The van der Waals surface area contributed by atoms with Gasteiger partial charge >= 0.3 is 6.03 Å². The summed E-state index contributed by atoms with van der Waals surface area (Å²) in [7, 11) is 0. The summed E-state index contributed by atoms with van der Waals surface area (Å²) in [5.41, 5.74) is 0.573. The SMILES string of the molecule is O=C(CN1C(=O)N[C@@](Cc2ccccc2)(c2ccccc2)C1=O)Nc1ccc(F)cc1. The number of hydrogen-bond donors (Lipinski definition) is 2. The number of anilines is 1. The van der Waals surface area contributed by atoms with Crippen molar-refractivity contribution in [2.24, 2.45) is 0 Å². The van der Waals surface area contributed by atoms with Gasteiger partial charge in [0, 0.05) is 12.1 Å². The average Bonchev–Trinajstić information content (AvgIpc) is 3.01. The number of hydrogen-bond acceptors (Lipinski definition) is 3. The number of imide groups is 1. The van der Waals surface area contributed by atoms with E-state index in [9.17, 15) is 18.8 Å². The van der Waals surface area contributed by atoms with Gasteiger partial charge in [-0.1, -0.05) is 60.7 Å². The minimum absolute atomic E-state index is 0.249. The molecule has 1 atom stereocenters. The fourth-order valence-electron chi connectivity index (χ4n) is 3.69. The second kappa shape index (κ2) is 8.39. The number of benzene rings is 3. The topological polar surface area (TPSA) is 78.5 Å². The van der Waals surface area contributed by atoms with Crippen molar-refractivity contribution < 1.29 is 18.8 Å². The van der Waals surface area contributed by atoms with Crippen LogP contribution >= 0.6 is 0 Å². The van der Waals surface area contributed by atoms with Crippen LogP contribution in [-0.4, -0.2) is 29.3 Å². The molecule has 0 radical (unpaired) electrons. The Morgan fingerprint density at radius 2 is 1.52 bits per heavy atom. The third kappa shape index (κ3) is 4.16. The maximum Gasteiger partial charge on any atom is 0.325 e. The van der Waals surface area contributed by atoms with Crippen molar-refractivity contribution in [2.75, 3.05) is 11.9 Å². The smallest absolute Gasteiger partial charge is 0.325 e. The first kappa shape index (κ1) is 20.3.